The van der Waals surface area contributed by atoms with Crippen LogP contribution in [0.4, 0.5) is 5.13 Å². The molecular weight excluding hydrogens is 400 g/mol. The Morgan fingerprint density at radius 1 is 1.30 bits per heavy atom. The van der Waals surface area contributed by atoms with Crippen LogP contribution in [0.25, 0.3) is 6.08 Å². The Morgan fingerprint density at radius 2 is 2.04 bits per heavy atom. The van der Waals surface area contributed by atoms with Crippen molar-refractivity contribution >= 4 is 62.7 Å². The molecule has 0 bridgehead atoms. The normalized spacial score (nSPS) is 15.6. The minimum Gasteiger partial charge on any atom is -0.296 e. The summed E-state index contributed by atoms with van der Waals surface area (Å²) >= 11 is 7.79. The first-order chi connectivity index (χ1) is 13.0. The van der Waals surface area contributed by atoms with Crippen LogP contribution in [0.2, 0.25) is 0 Å². The Balaban J connectivity index is 1.65. The first-order valence-corrected chi connectivity index (χ1v) is 10.5. The van der Waals surface area contributed by atoms with Gasteiger partial charge in [-0.25, -0.2) is 0 Å². The second-order valence-corrected chi connectivity index (χ2v) is 8.66. The highest BCUT2D eigenvalue weighted by Gasteiger charge is 2.28. The number of likely N-dealkylation sites (N-methyl/N-ethyl adjacent to an activating group) is 1. The van der Waals surface area contributed by atoms with Crippen molar-refractivity contribution in [2.45, 2.75) is 26.2 Å². The fraction of sp³-hybridized carbons (Fsp3) is 0.278. The summed E-state index contributed by atoms with van der Waals surface area (Å²) in [4.78, 5) is 26.4. The maximum Gasteiger partial charge on any atom is 0.265 e. The quantitative estimate of drug-likeness (QED) is 0.565. The number of aryl methyl sites for hydroxylation is 1. The van der Waals surface area contributed by atoms with Crippen LogP contribution in [-0.2, 0) is 11.2 Å². The van der Waals surface area contributed by atoms with E-state index in [1.807, 2.05) is 0 Å². The maximum atomic E-state index is 12.4. The lowest BCUT2D eigenvalue weighted by atomic mass is 10.1. The molecule has 9 heteroatoms. The summed E-state index contributed by atoms with van der Waals surface area (Å²) in [7, 11) is 1.66. The van der Waals surface area contributed by atoms with Gasteiger partial charge < -0.3 is 0 Å². The van der Waals surface area contributed by atoms with Gasteiger partial charge in [0.1, 0.15) is 9.33 Å². The van der Waals surface area contributed by atoms with Crippen LogP contribution in [0.15, 0.2) is 29.2 Å². The van der Waals surface area contributed by atoms with E-state index in [0.717, 1.165) is 29.8 Å². The minimum atomic E-state index is -0.236. The average Bonchev–Trinajstić information content (AvgIpc) is 3.20. The van der Waals surface area contributed by atoms with Crippen LogP contribution < -0.4 is 5.32 Å². The van der Waals surface area contributed by atoms with Crippen molar-refractivity contribution in [3.63, 3.8) is 0 Å². The second-order valence-electron chi connectivity index (χ2n) is 5.92. The van der Waals surface area contributed by atoms with Crippen LogP contribution in [0, 0.1) is 0 Å². The molecule has 140 valence electrons. The number of thiocarbonyl (C=S) groups is 1. The Bertz CT molecular complexity index is 906. The Labute approximate surface area is 171 Å². The van der Waals surface area contributed by atoms with Crippen molar-refractivity contribution in [1.82, 2.24) is 15.1 Å². The van der Waals surface area contributed by atoms with E-state index in [0.29, 0.717) is 19.9 Å². The van der Waals surface area contributed by atoms with Crippen molar-refractivity contribution in [2.24, 2.45) is 0 Å². The van der Waals surface area contributed by atoms with Gasteiger partial charge in [0.2, 0.25) is 5.13 Å². The highest BCUT2D eigenvalue weighted by Crippen LogP contribution is 2.31. The molecule has 1 aromatic heterocycles. The number of thioether (sulfide) groups is 1. The molecule has 27 heavy (non-hydrogen) atoms. The van der Waals surface area contributed by atoms with E-state index in [1.54, 1.807) is 37.4 Å². The first kappa shape index (κ1) is 19.7. The van der Waals surface area contributed by atoms with E-state index in [4.69, 9.17) is 12.2 Å². The largest absolute Gasteiger partial charge is 0.296 e. The van der Waals surface area contributed by atoms with Crippen molar-refractivity contribution in [2.75, 3.05) is 12.4 Å². The number of benzene rings is 1. The second kappa shape index (κ2) is 8.73. The van der Waals surface area contributed by atoms with Crippen LogP contribution in [0.1, 0.15) is 40.7 Å². The zero-order chi connectivity index (χ0) is 19.4. The van der Waals surface area contributed by atoms with Gasteiger partial charge in [0.05, 0.1) is 4.91 Å². The molecule has 2 heterocycles. The van der Waals surface area contributed by atoms with Gasteiger partial charge >= 0.3 is 0 Å². The number of aromatic nitrogens is 2. The van der Waals surface area contributed by atoms with Crippen molar-refractivity contribution in [3.8, 4) is 0 Å². The summed E-state index contributed by atoms with van der Waals surface area (Å²) in [6.07, 6.45) is 4.80. The summed E-state index contributed by atoms with van der Waals surface area (Å²) in [6, 6.07) is 7.02. The molecule has 0 radical (unpaired) electrons. The first-order valence-electron chi connectivity index (χ1n) is 8.43. The molecule has 1 fully saturated rings. The third-order valence-electron chi connectivity index (χ3n) is 3.89. The summed E-state index contributed by atoms with van der Waals surface area (Å²) in [5.74, 6) is -0.346. The van der Waals surface area contributed by atoms with Gasteiger partial charge in [-0.05, 0) is 30.2 Å². The van der Waals surface area contributed by atoms with Crippen LogP contribution in [0.3, 0.4) is 0 Å². The third kappa shape index (κ3) is 4.79. The van der Waals surface area contributed by atoms with Crippen molar-refractivity contribution in [1.29, 1.82) is 0 Å². The van der Waals surface area contributed by atoms with Gasteiger partial charge in [0.15, 0.2) is 0 Å². The van der Waals surface area contributed by atoms with E-state index in [2.05, 4.69) is 22.4 Å². The molecule has 0 aliphatic carbocycles. The van der Waals surface area contributed by atoms with E-state index >= 15 is 0 Å². The van der Waals surface area contributed by atoms with Gasteiger partial charge in [0.25, 0.3) is 11.8 Å². The molecule has 3 rings (SSSR count). The monoisotopic (exact) mass is 418 g/mol. The highest BCUT2D eigenvalue weighted by atomic mass is 32.2. The van der Waals surface area contributed by atoms with Gasteiger partial charge in [0, 0.05) is 19.0 Å². The zero-order valence-electron chi connectivity index (χ0n) is 14.9. The lowest BCUT2D eigenvalue weighted by Crippen LogP contribution is -2.22. The Kier molecular flexibility index (Phi) is 6.35. The molecule has 1 aliphatic heterocycles. The standard InChI is InChI=1S/C18H18N4O2S3/c1-3-4-5-14-20-21-17(27-14)19-15(23)12-8-6-11(7-9-12)10-13-16(24)22(2)18(25)26-13/h6-10H,3-5H2,1-2H3,(H,19,21,23)/b13-10+. The van der Waals surface area contributed by atoms with E-state index in [-0.39, 0.29) is 11.8 Å². The molecule has 1 N–H and O–H groups in total. The summed E-state index contributed by atoms with van der Waals surface area (Å²) in [5, 5.41) is 12.3. The SMILES string of the molecule is CCCCc1nnc(NC(=O)c2ccc(/C=C3/SC(=S)N(C)C3=O)cc2)s1. The van der Waals surface area contributed by atoms with Gasteiger partial charge in [-0.15, -0.1) is 10.2 Å². The number of rotatable bonds is 6. The molecule has 0 unspecified atom stereocenters. The summed E-state index contributed by atoms with van der Waals surface area (Å²) in [6.45, 7) is 2.12. The molecule has 0 saturated carbocycles. The lowest BCUT2D eigenvalue weighted by molar-refractivity contribution is -0.121. The number of unbranched alkanes of at least 4 members (excludes halogenated alkanes) is 1. The topological polar surface area (TPSA) is 75.2 Å². The van der Waals surface area contributed by atoms with Crippen LogP contribution >= 0.6 is 35.3 Å². The Hall–Kier alpha value is -2.10. The number of carbonyl (C=O) groups excluding carboxylic acids is 2. The smallest absolute Gasteiger partial charge is 0.265 e. The predicted molar refractivity (Wildman–Crippen MR) is 114 cm³/mol. The third-order valence-corrected chi connectivity index (χ3v) is 6.27. The number of hydrogen-bond donors (Lipinski definition) is 1. The fourth-order valence-electron chi connectivity index (χ4n) is 2.33. The number of amides is 2. The number of hydrogen-bond acceptors (Lipinski definition) is 7. The molecule has 1 aromatic carbocycles. The lowest BCUT2D eigenvalue weighted by Gasteiger charge is -2.04. The van der Waals surface area contributed by atoms with Crippen molar-refractivity contribution in [3.05, 3.63) is 45.3 Å². The summed E-state index contributed by atoms with van der Waals surface area (Å²) < 4.78 is 0.539. The number of nitrogens with one attached hydrogen (secondary N) is 1. The maximum absolute atomic E-state index is 12.4. The van der Waals surface area contributed by atoms with Crippen LogP contribution in [0.5, 0.6) is 0 Å². The van der Waals surface area contributed by atoms with Crippen LogP contribution in [-0.4, -0.2) is 38.3 Å². The number of carbonyl (C=O) groups is 2. The van der Waals surface area contributed by atoms with E-state index in [9.17, 15) is 9.59 Å². The number of nitrogens with zero attached hydrogens (tertiary/aromatic N) is 3. The van der Waals surface area contributed by atoms with Gasteiger partial charge in [-0.1, -0.05) is 60.8 Å². The minimum absolute atomic E-state index is 0.109. The average molecular weight is 419 g/mol. The molecule has 1 aliphatic rings. The molecule has 6 nitrogen and oxygen atoms in total. The molecule has 2 aromatic rings. The van der Waals surface area contributed by atoms with E-state index < -0.39 is 0 Å². The Morgan fingerprint density at radius 3 is 2.67 bits per heavy atom. The van der Waals surface area contributed by atoms with Gasteiger partial charge in [-0.3, -0.25) is 19.8 Å². The molecular formula is C18H18N4O2S3. The summed E-state index contributed by atoms with van der Waals surface area (Å²) in [5.41, 5.74) is 1.35. The fourth-order valence-corrected chi connectivity index (χ4v) is 4.29. The predicted octanol–water partition coefficient (Wildman–Crippen LogP) is 3.96. The molecule has 2 amide bonds. The van der Waals surface area contributed by atoms with Crippen molar-refractivity contribution < 1.29 is 9.59 Å². The highest BCUT2D eigenvalue weighted by molar-refractivity contribution is 8.26. The molecule has 0 spiro atoms. The number of anilines is 1. The van der Waals surface area contributed by atoms with Gasteiger partial charge in [-0.2, -0.15) is 0 Å². The zero-order valence-corrected chi connectivity index (χ0v) is 17.3. The molecule has 0 atom stereocenters. The van der Waals surface area contributed by atoms with E-state index in [1.165, 1.54) is 28.0 Å². The molecule has 1 saturated heterocycles.